The van der Waals surface area contributed by atoms with Crippen molar-refractivity contribution >= 4 is 5.97 Å². The summed E-state index contributed by atoms with van der Waals surface area (Å²) in [5.74, 6) is -0.541. The number of rotatable bonds is 4. The molecule has 0 amide bonds. The normalized spacial score (nSPS) is 14.2. The lowest BCUT2D eigenvalue weighted by atomic mass is 9.98. The topological polar surface area (TPSA) is 66.8 Å². The molecule has 0 aliphatic carbocycles. The maximum Gasteiger partial charge on any atom is 0.308 e. The molecule has 1 aromatic carbocycles. The van der Waals surface area contributed by atoms with Crippen LogP contribution in [0.25, 0.3) is 0 Å². The van der Waals surface area contributed by atoms with Crippen LogP contribution in [0.1, 0.15) is 29.2 Å². The van der Waals surface area contributed by atoms with E-state index in [1.54, 1.807) is 12.1 Å². The van der Waals surface area contributed by atoms with Gasteiger partial charge in [-0.05, 0) is 19.4 Å². The van der Waals surface area contributed by atoms with E-state index in [-0.39, 0.29) is 6.42 Å². The van der Waals surface area contributed by atoms with Gasteiger partial charge in [0.15, 0.2) is 0 Å². The maximum atomic E-state index is 11.0. The number of hydrogen-bond donors (Lipinski definition) is 2. The molecule has 0 radical (unpaired) electrons. The minimum atomic E-state index is -1.15. The van der Waals surface area contributed by atoms with Gasteiger partial charge >= 0.3 is 5.97 Å². The van der Waals surface area contributed by atoms with Crippen LogP contribution in [0.15, 0.2) is 18.2 Å². The van der Waals surface area contributed by atoms with Gasteiger partial charge in [-0.15, -0.1) is 0 Å². The first kappa shape index (κ1) is 13.7. The van der Waals surface area contributed by atoms with E-state index in [0.29, 0.717) is 5.56 Å². The Morgan fingerprint density at radius 2 is 1.76 bits per heavy atom. The van der Waals surface area contributed by atoms with E-state index >= 15 is 0 Å². The molecule has 1 aromatic rings. The third-order valence-electron chi connectivity index (χ3n) is 2.55. The second kappa shape index (κ2) is 5.80. The van der Waals surface area contributed by atoms with Gasteiger partial charge in [0, 0.05) is 0 Å². The van der Waals surface area contributed by atoms with Crippen molar-refractivity contribution in [3.05, 3.63) is 34.9 Å². The number of aliphatic hydroxyl groups excluding tert-OH is 2. The highest BCUT2D eigenvalue weighted by molar-refractivity contribution is 5.69. The molecular weight excluding hydrogens is 220 g/mol. The van der Waals surface area contributed by atoms with Gasteiger partial charge in [-0.3, -0.25) is 4.79 Å². The van der Waals surface area contributed by atoms with Crippen LogP contribution in [0.2, 0.25) is 0 Å². The second-order valence-electron chi connectivity index (χ2n) is 4.21. The largest absolute Gasteiger partial charge is 0.469 e. The summed E-state index contributed by atoms with van der Waals surface area (Å²) in [5, 5.41) is 19.6. The first-order valence-corrected chi connectivity index (χ1v) is 5.45. The predicted octanol–water partition coefficient (Wildman–Crippen LogP) is 1.26. The Kier molecular flexibility index (Phi) is 4.66. The highest BCUT2D eigenvalue weighted by Crippen LogP contribution is 2.21. The van der Waals surface area contributed by atoms with Gasteiger partial charge in [0.05, 0.1) is 19.6 Å². The van der Waals surface area contributed by atoms with Crippen molar-refractivity contribution in [1.29, 1.82) is 0 Å². The Bertz CT molecular complexity index is 380. The average Bonchev–Trinajstić information content (AvgIpc) is 2.26. The maximum absolute atomic E-state index is 11.0. The van der Waals surface area contributed by atoms with Crippen molar-refractivity contribution < 1.29 is 19.7 Å². The highest BCUT2D eigenvalue weighted by Gasteiger charge is 2.22. The summed E-state index contributed by atoms with van der Waals surface area (Å²) in [6.45, 7) is 3.83. The van der Waals surface area contributed by atoms with Crippen molar-refractivity contribution in [3.8, 4) is 0 Å². The lowest BCUT2D eigenvalue weighted by Gasteiger charge is -2.18. The molecule has 0 aliphatic heterocycles. The van der Waals surface area contributed by atoms with Gasteiger partial charge < -0.3 is 14.9 Å². The molecule has 0 saturated carbocycles. The minimum Gasteiger partial charge on any atom is -0.469 e. The number of methoxy groups -OCH3 is 1. The number of benzene rings is 1. The number of carbonyl (C=O) groups excluding carboxylic acids is 1. The monoisotopic (exact) mass is 238 g/mol. The molecule has 0 bridgehead atoms. The molecule has 0 spiro atoms. The molecule has 4 nitrogen and oxygen atoms in total. The number of hydrogen-bond acceptors (Lipinski definition) is 4. The number of ether oxygens (including phenoxy) is 1. The number of aryl methyl sites for hydroxylation is 2. The van der Waals surface area contributed by atoms with E-state index < -0.39 is 18.2 Å². The molecule has 2 atom stereocenters. The van der Waals surface area contributed by atoms with Gasteiger partial charge in [0.1, 0.15) is 6.10 Å². The second-order valence-corrected chi connectivity index (χ2v) is 4.21. The molecule has 0 aromatic heterocycles. The first-order chi connectivity index (χ1) is 7.93. The fourth-order valence-electron chi connectivity index (χ4n) is 1.77. The molecule has 0 aliphatic rings. The summed E-state index contributed by atoms with van der Waals surface area (Å²) in [7, 11) is 1.25. The summed E-state index contributed by atoms with van der Waals surface area (Å²) in [6, 6.07) is 5.55. The van der Waals surface area contributed by atoms with Crippen LogP contribution in [-0.2, 0) is 9.53 Å². The van der Waals surface area contributed by atoms with Crippen LogP contribution in [0.4, 0.5) is 0 Å². The Morgan fingerprint density at radius 1 is 1.24 bits per heavy atom. The zero-order valence-corrected chi connectivity index (χ0v) is 10.3. The lowest BCUT2D eigenvalue weighted by Crippen LogP contribution is -2.22. The molecule has 1 rings (SSSR count). The fourth-order valence-corrected chi connectivity index (χ4v) is 1.77. The zero-order chi connectivity index (χ0) is 13.0. The van der Waals surface area contributed by atoms with Gasteiger partial charge in [-0.1, -0.05) is 29.3 Å². The standard InChI is InChI=1S/C13H18O4/c1-8-4-9(2)6-10(5-8)13(16)11(14)7-12(15)17-3/h4-6,11,13-14,16H,7H2,1-3H3. The van der Waals surface area contributed by atoms with Crippen LogP contribution >= 0.6 is 0 Å². The smallest absolute Gasteiger partial charge is 0.308 e. The molecule has 17 heavy (non-hydrogen) atoms. The van der Waals surface area contributed by atoms with Crippen LogP contribution in [0, 0.1) is 13.8 Å². The van der Waals surface area contributed by atoms with Gasteiger partial charge in [0.25, 0.3) is 0 Å². The van der Waals surface area contributed by atoms with Gasteiger partial charge in [0.2, 0.25) is 0 Å². The van der Waals surface area contributed by atoms with Gasteiger partial charge in [-0.25, -0.2) is 0 Å². The van der Waals surface area contributed by atoms with Crippen LogP contribution in [-0.4, -0.2) is 29.4 Å². The summed E-state index contributed by atoms with van der Waals surface area (Å²) in [5.41, 5.74) is 2.62. The van der Waals surface area contributed by atoms with E-state index in [9.17, 15) is 15.0 Å². The Morgan fingerprint density at radius 3 is 2.24 bits per heavy atom. The third-order valence-corrected chi connectivity index (χ3v) is 2.55. The molecule has 2 N–H and O–H groups in total. The molecule has 4 heteroatoms. The summed E-state index contributed by atoms with van der Waals surface area (Å²) in [6.07, 6.45) is -2.44. The van der Waals surface area contributed by atoms with E-state index in [1.165, 1.54) is 7.11 Å². The van der Waals surface area contributed by atoms with Crippen LogP contribution in [0.3, 0.4) is 0 Å². The van der Waals surface area contributed by atoms with E-state index in [4.69, 9.17) is 0 Å². The number of esters is 1. The quantitative estimate of drug-likeness (QED) is 0.775. The van der Waals surface area contributed by atoms with E-state index in [2.05, 4.69) is 4.74 Å². The number of aliphatic hydroxyl groups is 2. The number of carbonyl (C=O) groups is 1. The van der Waals surface area contributed by atoms with Crippen LogP contribution in [0.5, 0.6) is 0 Å². The fraction of sp³-hybridized carbons (Fsp3) is 0.462. The molecule has 0 saturated heterocycles. The van der Waals surface area contributed by atoms with Crippen molar-refractivity contribution in [1.82, 2.24) is 0 Å². The highest BCUT2D eigenvalue weighted by atomic mass is 16.5. The Labute approximate surface area is 101 Å². The molecule has 0 heterocycles. The van der Waals surface area contributed by atoms with Crippen molar-refractivity contribution in [2.45, 2.75) is 32.5 Å². The molecular formula is C13H18O4. The minimum absolute atomic E-state index is 0.218. The Hall–Kier alpha value is -1.39. The Balaban J connectivity index is 2.80. The zero-order valence-electron chi connectivity index (χ0n) is 10.3. The SMILES string of the molecule is COC(=O)CC(O)C(O)c1cc(C)cc(C)c1. The first-order valence-electron chi connectivity index (χ1n) is 5.45. The third kappa shape index (κ3) is 3.84. The molecule has 94 valence electrons. The van der Waals surface area contributed by atoms with E-state index in [1.807, 2.05) is 19.9 Å². The van der Waals surface area contributed by atoms with Gasteiger partial charge in [-0.2, -0.15) is 0 Å². The van der Waals surface area contributed by atoms with Crippen molar-refractivity contribution in [2.75, 3.05) is 7.11 Å². The summed E-state index contributed by atoms with van der Waals surface area (Å²) in [4.78, 5) is 11.0. The average molecular weight is 238 g/mol. The van der Waals surface area contributed by atoms with Crippen molar-refractivity contribution in [3.63, 3.8) is 0 Å². The summed E-state index contributed by atoms with van der Waals surface area (Å²) < 4.78 is 4.44. The van der Waals surface area contributed by atoms with Crippen molar-refractivity contribution in [2.24, 2.45) is 0 Å². The van der Waals surface area contributed by atoms with Crippen LogP contribution < -0.4 is 0 Å². The molecule has 0 fully saturated rings. The molecule has 2 unspecified atom stereocenters. The predicted molar refractivity (Wildman–Crippen MR) is 63.5 cm³/mol. The van der Waals surface area contributed by atoms with E-state index in [0.717, 1.165) is 11.1 Å². The lowest BCUT2D eigenvalue weighted by molar-refractivity contribution is -0.144. The summed E-state index contributed by atoms with van der Waals surface area (Å²) >= 11 is 0.